The molecule has 2 unspecified atom stereocenters. The van der Waals surface area contributed by atoms with Gasteiger partial charge in [0.05, 0.1) is 12.3 Å². The molecular weight excluding hydrogens is 194 g/mol. The standard InChI is InChI=1S/C11H15NO3/c1-8(9-4-2-6-14-9)12-11(13)10-5-3-7-15-10/h2,4,6,8,10H,3,5,7H2,1H3,(H,12,13). The number of carbonyl (C=O) groups is 1. The molecule has 4 nitrogen and oxygen atoms in total. The Labute approximate surface area is 88.6 Å². The smallest absolute Gasteiger partial charge is 0.249 e. The number of furan rings is 1. The average Bonchev–Trinajstić information content (AvgIpc) is 2.91. The van der Waals surface area contributed by atoms with Crippen molar-refractivity contribution in [2.45, 2.75) is 31.9 Å². The fourth-order valence-electron chi connectivity index (χ4n) is 1.70. The summed E-state index contributed by atoms with van der Waals surface area (Å²) in [4.78, 5) is 11.7. The van der Waals surface area contributed by atoms with Crippen LogP contribution >= 0.6 is 0 Å². The van der Waals surface area contributed by atoms with Crippen molar-refractivity contribution in [3.63, 3.8) is 0 Å². The van der Waals surface area contributed by atoms with Crippen LogP contribution in [0.5, 0.6) is 0 Å². The lowest BCUT2D eigenvalue weighted by atomic mass is 10.2. The molecule has 2 atom stereocenters. The average molecular weight is 209 g/mol. The van der Waals surface area contributed by atoms with Crippen molar-refractivity contribution in [3.8, 4) is 0 Å². The summed E-state index contributed by atoms with van der Waals surface area (Å²) in [6, 6.07) is 3.56. The molecule has 1 aliphatic heterocycles. The second kappa shape index (κ2) is 4.49. The van der Waals surface area contributed by atoms with Crippen molar-refractivity contribution in [2.75, 3.05) is 6.61 Å². The Morgan fingerprint density at radius 2 is 2.53 bits per heavy atom. The van der Waals surface area contributed by atoms with Crippen molar-refractivity contribution in [1.82, 2.24) is 5.32 Å². The molecular formula is C11H15NO3. The minimum absolute atomic E-state index is 0.0450. The van der Waals surface area contributed by atoms with E-state index >= 15 is 0 Å². The number of rotatable bonds is 3. The molecule has 0 spiro atoms. The van der Waals surface area contributed by atoms with Gasteiger partial charge < -0.3 is 14.5 Å². The Kier molecular flexibility index (Phi) is 3.06. The summed E-state index contributed by atoms with van der Waals surface area (Å²) in [6.45, 7) is 2.58. The summed E-state index contributed by atoms with van der Waals surface area (Å²) >= 11 is 0. The molecule has 1 N–H and O–H groups in total. The van der Waals surface area contributed by atoms with Crippen LogP contribution in [-0.4, -0.2) is 18.6 Å². The van der Waals surface area contributed by atoms with Crippen LogP contribution in [0, 0.1) is 0 Å². The number of carbonyl (C=O) groups excluding carboxylic acids is 1. The fourth-order valence-corrected chi connectivity index (χ4v) is 1.70. The van der Waals surface area contributed by atoms with Gasteiger partial charge in [-0.3, -0.25) is 4.79 Å². The number of hydrogen-bond donors (Lipinski definition) is 1. The normalized spacial score (nSPS) is 22.6. The predicted molar refractivity (Wildman–Crippen MR) is 54.2 cm³/mol. The third-order valence-electron chi connectivity index (χ3n) is 2.55. The molecule has 0 radical (unpaired) electrons. The molecule has 4 heteroatoms. The highest BCUT2D eigenvalue weighted by Crippen LogP contribution is 2.16. The topological polar surface area (TPSA) is 51.5 Å². The number of hydrogen-bond acceptors (Lipinski definition) is 3. The van der Waals surface area contributed by atoms with Crippen LogP contribution in [0.4, 0.5) is 0 Å². The van der Waals surface area contributed by atoms with Gasteiger partial charge in [-0.15, -0.1) is 0 Å². The Hall–Kier alpha value is -1.29. The SMILES string of the molecule is CC(NC(=O)C1CCCO1)c1ccco1. The number of ether oxygens (including phenoxy) is 1. The Bertz CT molecular complexity index is 315. The second-order valence-electron chi connectivity index (χ2n) is 3.75. The van der Waals surface area contributed by atoms with Gasteiger partial charge in [-0.2, -0.15) is 0 Å². The minimum atomic E-state index is -0.276. The van der Waals surface area contributed by atoms with E-state index in [2.05, 4.69) is 5.32 Å². The lowest BCUT2D eigenvalue weighted by molar-refractivity contribution is -0.130. The largest absolute Gasteiger partial charge is 0.467 e. The van der Waals surface area contributed by atoms with Crippen LogP contribution in [0.25, 0.3) is 0 Å². The van der Waals surface area contributed by atoms with Crippen LogP contribution in [0.2, 0.25) is 0 Å². The van der Waals surface area contributed by atoms with Gasteiger partial charge in [0.1, 0.15) is 11.9 Å². The lowest BCUT2D eigenvalue weighted by Crippen LogP contribution is -2.35. The van der Waals surface area contributed by atoms with E-state index in [0.717, 1.165) is 18.6 Å². The molecule has 0 bridgehead atoms. The molecule has 1 aliphatic rings. The van der Waals surface area contributed by atoms with Crippen molar-refractivity contribution in [2.24, 2.45) is 0 Å². The maximum Gasteiger partial charge on any atom is 0.249 e. The van der Waals surface area contributed by atoms with Gasteiger partial charge in [0, 0.05) is 6.61 Å². The predicted octanol–water partition coefficient (Wildman–Crippen LogP) is 1.64. The molecule has 82 valence electrons. The first kappa shape index (κ1) is 10.2. The highest BCUT2D eigenvalue weighted by atomic mass is 16.5. The first-order chi connectivity index (χ1) is 7.27. The van der Waals surface area contributed by atoms with E-state index in [9.17, 15) is 4.79 Å². The summed E-state index contributed by atoms with van der Waals surface area (Å²) in [5.74, 6) is 0.720. The quantitative estimate of drug-likeness (QED) is 0.823. The molecule has 1 aromatic heterocycles. The molecule has 0 aliphatic carbocycles. The van der Waals surface area contributed by atoms with Crippen LogP contribution in [0.15, 0.2) is 22.8 Å². The summed E-state index contributed by atoms with van der Waals surface area (Å²) in [5, 5.41) is 2.87. The third kappa shape index (κ3) is 2.39. The minimum Gasteiger partial charge on any atom is -0.467 e. The molecule has 1 fully saturated rings. The molecule has 2 heterocycles. The van der Waals surface area contributed by atoms with E-state index in [1.54, 1.807) is 6.26 Å². The van der Waals surface area contributed by atoms with Crippen LogP contribution in [0.1, 0.15) is 31.6 Å². The zero-order chi connectivity index (χ0) is 10.7. The zero-order valence-corrected chi connectivity index (χ0v) is 8.73. The van der Waals surface area contributed by atoms with Crippen LogP contribution < -0.4 is 5.32 Å². The van der Waals surface area contributed by atoms with Crippen LogP contribution in [-0.2, 0) is 9.53 Å². The number of amides is 1. The van der Waals surface area contributed by atoms with E-state index in [0.29, 0.717) is 6.61 Å². The summed E-state index contributed by atoms with van der Waals surface area (Å²) in [5.41, 5.74) is 0. The first-order valence-corrected chi connectivity index (χ1v) is 5.23. The molecule has 0 aromatic carbocycles. The molecule has 1 amide bonds. The van der Waals surface area contributed by atoms with E-state index < -0.39 is 0 Å². The lowest BCUT2D eigenvalue weighted by Gasteiger charge is -2.14. The van der Waals surface area contributed by atoms with E-state index in [1.807, 2.05) is 19.1 Å². The summed E-state index contributed by atoms with van der Waals surface area (Å²) < 4.78 is 10.5. The van der Waals surface area contributed by atoms with Crippen molar-refractivity contribution in [3.05, 3.63) is 24.2 Å². The maximum absolute atomic E-state index is 11.7. The third-order valence-corrected chi connectivity index (χ3v) is 2.55. The van der Waals surface area contributed by atoms with Gasteiger partial charge in [-0.1, -0.05) is 0 Å². The molecule has 1 saturated heterocycles. The van der Waals surface area contributed by atoms with Gasteiger partial charge in [0.25, 0.3) is 0 Å². The van der Waals surface area contributed by atoms with Crippen molar-refractivity contribution in [1.29, 1.82) is 0 Å². The Balaban J connectivity index is 1.88. The highest BCUT2D eigenvalue weighted by Gasteiger charge is 2.25. The summed E-state index contributed by atoms with van der Waals surface area (Å²) in [7, 11) is 0. The highest BCUT2D eigenvalue weighted by molar-refractivity contribution is 5.81. The number of nitrogens with one attached hydrogen (secondary N) is 1. The Morgan fingerprint density at radius 1 is 1.67 bits per heavy atom. The maximum atomic E-state index is 11.7. The van der Waals surface area contributed by atoms with E-state index in [-0.39, 0.29) is 18.1 Å². The van der Waals surface area contributed by atoms with E-state index in [1.165, 1.54) is 0 Å². The van der Waals surface area contributed by atoms with Gasteiger partial charge in [0.15, 0.2) is 0 Å². The van der Waals surface area contributed by atoms with Gasteiger partial charge in [0.2, 0.25) is 5.91 Å². The monoisotopic (exact) mass is 209 g/mol. The summed E-state index contributed by atoms with van der Waals surface area (Å²) in [6.07, 6.45) is 3.11. The van der Waals surface area contributed by atoms with Gasteiger partial charge in [-0.25, -0.2) is 0 Å². The Morgan fingerprint density at radius 3 is 3.13 bits per heavy atom. The fraction of sp³-hybridized carbons (Fsp3) is 0.545. The molecule has 0 saturated carbocycles. The van der Waals surface area contributed by atoms with Crippen LogP contribution in [0.3, 0.4) is 0 Å². The van der Waals surface area contributed by atoms with E-state index in [4.69, 9.17) is 9.15 Å². The van der Waals surface area contributed by atoms with Gasteiger partial charge >= 0.3 is 0 Å². The molecule has 15 heavy (non-hydrogen) atoms. The van der Waals surface area contributed by atoms with Crippen molar-refractivity contribution < 1.29 is 13.9 Å². The molecule has 1 aromatic rings. The molecule has 2 rings (SSSR count). The first-order valence-electron chi connectivity index (χ1n) is 5.23. The van der Waals surface area contributed by atoms with Gasteiger partial charge in [-0.05, 0) is 31.9 Å². The zero-order valence-electron chi connectivity index (χ0n) is 8.73. The van der Waals surface area contributed by atoms with Crippen molar-refractivity contribution >= 4 is 5.91 Å². The second-order valence-corrected chi connectivity index (χ2v) is 3.75.